The molecule has 7 heteroatoms. The number of hydrogen-bond donors (Lipinski definition) is 0. The topological polar surface area (TPSA) is 39.1 Å². The molecule has 0 bridgehead atoms. The van der Waals surface area contributed by atoms with Crippen LogP contribution in [-0.2, 0) is 13.1 Å². The zero-order valence-electron chi connectivity index (χ0n) is 21.7. The molecule has 3 aromatic carbocycles. The lowest BCUT2D eigenvalue weighted by atomic mass is 10.0. The highest BCUT2D eigenvalue weighted by Crippen LogP contribution is 2.32. The lowest BCUT2D eigenvalue weighted by molar-refractivity contribution is 0.0705. The Labute approximate surface area is 233 Å². The van der Waals surface area contributed by atoms with Crippen molar-refractivity contribution in [2.24, 2.45) is 4.99 Å². The number of nitrogens with zero attached hydrogens (tertiary/aromatic N) is 4. The Hall–Kier alpha value is -2.67. The molecule has 3 aromatic rings. The van der Waals surface area contributed by atoms with Gasteiger partial charge in [0.05, 0.1) is 11.7 Å². The Balaban J connectivity index is 1.74. The molecule has 0 aromatic heterocycles. The molecule has 1 aliphatic rings. The summed E-state index contributed by atoms with van der Waals surface area (Å²) in [6.45, 7) is 5.12. The van der Waals surface area contributed by atoms with Gasteiger partial charge in [-0.3, -0.25) is 4.79 Å². The van der Waals surface area contributed by atoms with Gasteiger partial charge in [-0.05, 0) is 81.0 Å². The quantitative estimate of drug-likeness (QED) is 0.258. The summed E-state index contributed by atoms with van der Waals surface area (Å²) < 4.78 is 0.953. The molecule has 1 amide bonds. The number of rotatable bonds is 10. The number of amidine groups is 1. The Morgan fingerprint density at radius 2 is 1.78 bits per heavy atom. The summed E-state index contributed by atoms with van der Waals surface area (Å²) >= 11 is 9.84. The van der Waals surface area contributed by atoms with Crippen molar-refractivity contribution in [3.63, 3.8) is 0 Å². The lowest BCUT2D eigenvalue weighted by Gasteiger charge is -2.39. The first-order chi connectivity index (χ1) is 17.9. The van der Waals surface area contributed by atoms with Gasteiger partial charge >= 0.3 is 0 Å². The number of halogens is 2. The van der Waals surface area contributed by atoms with E-state index in [2.05, 4.69) is 77.1 Å². The first-order valence-electron chi connectivity index (χ1n) is 12.7. The predicted octanol–water partition coefficient (Wildman–Crippen LogP) is 7.02. The first kappa shape index (κ1) is 27.4. The van der Waals surface area contributed by atoms with Crippen LogP contribution in [0.3, 0.4) is 0 Å². The van der Waals surface area contributed by atoms with E-state index in [1.165, 1.54) is 5.56 Å². The summed E-state index contributed by atoms with van der Waals surface area (Å²) in [5.74, 6) is 0.939. The van der Waals surface area contributed by atoms with Gasteiger partial charge in [-0.15, -0.1) is 0 Å². The minimum absolute atomic E-state index is 0.0253. The highest BCUT2D eigenvalue weighted by Gasteiger charge is 2.33. The van der Waals surface area contributed by atoms with Gasteiger partial charge in [0.15, 0.2) is 0 Å². The number of aliphatic imine (C=N–C) groups is 1. The van der Waals surface area contributed by atoms with Crippen LogP contribution < -0.4 is 0 Å². The summed E-state index contributed by atoms with van der Waals surface area (Å²) in [4.78, 5) is 25.6. The Bertz CT molecular complexity index is 1230. The van der Waals surface area contributed by atoms with Crippen molar-refractivity contribution in [3.05, 3.63) is 99.0 Å². The van der Waals surface area contributed by atoms with Gasteiger partial charge in [0.25, 0.3) is 5.91 Å². The molecule has 1 aliphatic heterocycles. The number of carbonyl (C=O) groups is 1. The summed E-state index contributed by atoms with van der Waals surface area (Å²) in [5.41, 5.74) is 3.91. The molecular formula is C30H34BrClN4O. The Morgan fingerprint density at radius 3 is 2.46 bits per heavy atom. The maximum absolute atomic E-state index is 13.9. The smallest absolute Gasteiger partial charge is 0.254 e. The van der Waals surface area contributed by atoms with E-state index in [0.717, 1.165) is 54.0 Å². The van der Waals surface area contributed by atoms with E-state index in [1.54, 1.807) is 0 Å². The van der Waals surface area contributed by atoms with Gasteiger partial charge in [-0.25, -0.2) is 4.99 Å². The van der Waals surface area contributed by atoms with Gasteiger partial charge in [0.2, 0.25) is 0 Å². The molecule has 1 atom stereocenters. The molecule has 1 unspecified atom stereocenters. The minimum atomic E-state index is -0.172. The SMILES string of the molecule is CCC(C1=Nc2cc(Cl)ccc2CN1Cc1ccccc1)N(CCCN(C)C)C(=O)c1ccc(Br)cc1. The molecule has 0 aliphatic carbocycles. The number of carbonyl (C=O) groups excluding carboxylic acids is 1. The summed E-state index contributed by atoms with van der Waals surface area (Å²) in [5, 5.41) is 0.667. The number of amides is 1. The van der Waals surface area contributed by atoms with Gasteiger partial charge in [-0.2, -0.15) is 0 Å². The van der Waals surface area contributed by atoms with Crippen molar-refractivity contribution < 1.29 is 4.79 Å². The van der Waals surface area contributed by atoms with Crippen LogP contribution in [0.5, 0.6) is 0 Å². The molecule has 0 saturated heterocycles. The highest BCUT2D eigenvalue weighted by molar-refractivity contribution is 9.10. The van der Waals surface area contributed by atoms with Crippen molar-refractivity contribution in [1.82, 2.24) is 14.7 Å². The van der Waals surface area contributed by atoms with E-state index in [4.69, 9.17) is 16.6 Å². The van der Waals surface area contributed by atoms with Crippen molar-refractivity contribution in [1.29, 1.82) is 0 Å². The van der Waals surface area contributed by atoms with Gasteiger partial charge in [0.1, 0.15) is 5.84 Å². The largest absolute Gasteiger partial charge is 0.350 e. The van der Waals surface area contributed by atoms with Crippen LogP contribution in [0.15, 0.2) is 82.3 Å². The third kappa shape index (κ3) is 7.01. The number of hydrogen-bond acceptors (Lipinski definition) is 4. The van der Waals surface area contributed by atoms with E-state index in [1.807, 2.05) is 47.4 Å². The van der Waals surface area contributed by atoms with Gasteiger partial charge in [0, 0.05) is 34.7 Å². The maximum Gasteiger partial charge on any atom is 0.254 e. The standard InChI is InChI=1S/C30H34BrClN4O/c1-4-28(36(18-8-17-34(2)3)30(37)23-11-14-25(31)15-12-23)29-33-27-19-26(32)16-13-24(27)21-35(29)20-22-9-6-5-7-10-22/h5-7,9-16,19,28H,4,8,17-18,20-21H2,1-3H3. The molecule has 0 fully saturated rings. The third-order valence-corrected chi connectivity index (χ3v) is 7.36. The summed E-state index contributed by atoms with van der Waals surface area (Å²) in [7, 11) is 4.12. The van der Waals surface area contributed by atoms with Crippen molar-refractivity contribution in [2.75, 3.05) is 27.2 Å². The molecular weight excluding hydrogens is 548 g/mol. The maximum atomic E-state index is 13.9. The van der Waals surface area contributed by atoms with Crippen LogP contribution in [-0.4, -0.2) is 59.7 Å². The normalized spacial score (nSPS) is 13.8. The fourth-order valence-corrected chi connectivity index (χ4v) is 5.17. The van der Waals surface area contributed by atoms with Crippen LogP contribution in [0.1, 0.15) is 41.3 Å². The van der Waals surface area contributed by atoms with Crippen LogP contribution in [0.25, 0.3) is 0 Å². The Kier molecular flexibility index (Phi) is 9.41. The fraction of sp³-hybridized carbons (Fsp3) is 0.333. The van der Waals surface area contributed by atoms with E-state index in [9.17, 15) is 4.79 Å². The van der Waals surface area contributed by atoms with Crippen LogP contribution >= 0.6 is 27.5 Å². The van der Waals surface area contributed by atoms with Crippen molar-refractivity contribution >= 4 is 45.0 Å². The predicted molar refractivity (Wildman–Crippen MR) is 157 cm³/mol. The molecule has 5 nitrogen and oxygen atoms in total. The first-order valence-corrected chi connectivity index (χ1v) is 13.9. The zero-order valence-corrected chi connectivity index (χ0v) is 24.0. The summed E-state index contributed by atoms with van der Waals surface area (Å²) in [6.07, 6.45) is 1.63. The molecule has 4 rings (SSSR count). The third-order valence-electron chi connectivity index (χ3n) is 6.60. The second-order valence-electron chi connectivity index (χ2n) is 9.67. The van der Waals surface area contributed by atoms with E-state index >= 15 is 0 Å². The molecule has 0 N–H and O–H groups in total. The second kappa shape index (κ2) is 12.7. The molecule has 37 heavy (non-hydrogen) atoms. The average molecular weight is 582 g/mol. The van der Waals surface area contributed by atoms with Crippen LogP contribution in [0.2, 0.25) is 5.02 Å². The van der Waals surface area contributed by atoms with E-state index in [-0.39, 0.29) is 11.9 Å². The van der Waals surface area contributed by atoms with Crippen molar-refractivity contribution in [3.8, 4) is 0 Å². The molecule has 0 saturated carbocycles. The van der Waals surface area contributed by atoms with Gasteiger partial charge < -0.3 is 14.7 Å². The van der Waals surface area contributed by atoms with Gasteiger partial charge in [-0.1, -0.05) is 70.9 Å². The highest BCUT2D eigenvalue weighted by atomic mass is 79.9. The molecule has 0 spiro atoms. The van der Waals surface area contributed by atoms with Crippen LogP contribution in [0, 0.1) is 0 Å². The second-order valence-corrected chi connectivity index (χ2v) is 11.0. The minimum Gasteiger partial charge on any atom is -0.350 e. The fourth-order valence-electron chi connectivity index (χ4n) is 4.74. The molecule has 194 valence electrons. The number of fused-ring (bicyclic) bond motifs is 1. The monoisotopic (exact) mass is 580 g/mol. The average Bonchev–Trinajstić information content (AvgIpc) is 2.89. The van der Waals surface area contributed by atoms with E-state index < -0.39 is 0 Å². The molecule has 1 heterocycles. The molecule has 0 radical (unpaired) electrons. The van der Waals surface area contributed by atoms with Crippen molar-refractivity contribution in [2.45, 2.75) is 38.9 Å². The Morgan fingerprint density at radius 1 is 1.05 bits per heavy atom. The zero-order chi connectivity index (χ0) is 26.4. The summed E-state index contributed by atoms with van der Waals surface area (Å²) in [6, 6.07) is 23.8. The number of benzene rings is 3. The van der Waals surface area contributed by atoms with E-state index in [0.29, 0.717) is 17.1 Å². The lowest BCUT2D eigenvalue weighted by Crippen LogP contribution is -2.51. The van der Waals surface area contributed by atoms with Crippen LogP contribution in [0.4, 0.5) is 5.69 Å².